The average Bonchev–Trinajstić information content (AvgIpc) is 3.14. The van der Waals surface area contributed by atoms with E-state index < -0.39 is 5.79 Å². The summed E-state index contributed by atoms with van der Waals surface area (Å²) in [4.78, 5) is 14.6. The number of hydrogen-bond donors (Lipinski definition) is 0. The molecule has 23 heavy (non-hydrogen) atoms. The van der Waals surface area contributed by atoms with Gasteiger partial charge in [-0.1, -0.05) is 23.7 Å². The van der Waals surface area contributed by atoms with Gasteiger partial charge in [-0.15, -0.1) is 0 Å². The number of carbonyl (C=O) groups is 1. The molecule has 0 N–H and O–H groups in total. The predicted molar refractivity (Wildman–Crippen MR) is 85.7 cm³/mol. The van der Waals surface area contributed by atoms with Crippen LogP contribution in [0, 0.1) is 6.92 Å². The van der Waals surface area contributed by atoms with E-state index in [1.54, 1.807) is 11.0 Å². The van der Waals surface area contributed by atoms with Gasteiger partial charge < -0.3 is 18.8 Å². The monoisotopic (exact) mass is 335 g/mol. The molecule has 1 amide bonds. The molecule has 1 spiro atoms. The Bertz CT molecular complexity index is 753. The number of para-hydroxylation sites is 1. The molecule has 1 aromatic heterocycles. The maximum absolute atomic E-state index is 12.8. The number of aryl methyl sites for hydroxylation is 1. The average molecular weight is 336 g/mol. The predicted octanol–water partition coefficient (Wildman–Crippen LogP) is 3.37. The minimum atomic E-state index is -0.483. The van der Waals surface area contributed by atoms with Gasteiger partial charge in [-0.05, 0) is 13.0 Å². The standard InChI is InChI=1S/C17H18ClNO4/c1-11-12-3-2-4-13(18)15(12)23-14(11)16(20)19-7-5-17(6-8-19)21-9-10-22-17/h2-4H,5-10H2,1H3. The maximum Gasteiger partial charge on any atom is 0.289 e. The Kier molecular flexibility index (Phi) is 3.59. The zero-order chi connectivity index (χ0) is 16.0. The molecule has 1 aromatic carbocycles. The molecule has 0 unspecified atom stereocenters. The summed E-state index contributed by atoms with van der Waals surface area (Å²) in [5.41, 5.74) is 1.41. The molecule has 0 saturated carbocycles. The summed E-state index contributed by atoms with van der Waals surface area (Å²) in [5, 5.41) is 1.41. The third-order valence-electron chi connectivity index (χ3n) is 4.74. The molecule has 6 heteroatoms. The molecule has 122 valence electrons. The number of carbonyl (C=O) groups excluding carboxylic acids is 1. The zero-order valence-electron chi connectivity index (χ0n) is 12.9. The first kappa shape index (κ1) is 15.0. The maximum atomic E-state index is 12.8. The van der Waals surface area contributed by atoms with Crippen molar-refractivity contribution in [2.45, 2.75) is 25.6 Å². The topological polar surface area (TPSA) is 51.9 Å². The lowest BCUT2D eigenvalue weighted by atomic mass is 10.0. The van der Waals surface area contributed by atoms with Crippen LogP contribution in [0.3, 0.4) is 0 Å². The molecule has 0 atom stereocenters. The van der Waals surface area contributed by atoms with Crippen LogP contribution in [0.5, 0.6) is 0 Å². The van der Waals surface area contributed by atoms with Crippen LogP contribution < -0.4 is 0 Å². The Morgan fingerprint density at radius 3 is 2.57 bits per heavy atom. The minimum Gasteiger partial charge on any atom is -0.449 e. The summed E-state index contributed by atoms with van der Waals surface area (Å²) in [6.07, 6.45) is 1.39. The molecule has 0 radical (unpaired) electrons. The molecule has 2 saturated heterocycles. The fourth-order valence-corrected chi connectivity index (χ4v) is 3.61. The van der Waals surface area contributed by atoms with Crippen molar-refractivity contribution >= 4 is 28.5 Å². The number of furan rings is 1. The van der Waals surface area contributed by atoms with Gasteiger partial charge in [-0.3, -0.25) is 4.79 Å². The van der Waals surface area contributed by atoms with E-state index in [1.807, 2.05) is 19.1 Å². The molecule has 4 rings (SSSR count). The van der Waals surface area contributed by atoms with Crippen molar-refractivity contribution in [3.8, 4) is 0 Å². The summed E-state index contributed by atoms with van der Waals surface area (Å²) < 4.78 is 17.2. The van der Waals surface area contributed by atoms with Crippen LogP contribution in [-0.4, -0.2) is 42.9 Å². The molecule has 2 aliphatic rings. The fourth-order valence-electron chi connectivity index (χ4n) is 3.39. The highest BCUT2D eigenvalue weighted by molar-refractivity contribution is 6.35. The van der Waals surface area contributed by atoms with Gasteiger partial charge in [0.25, 0.3) is 5.91 Å². The zero-order valence-corrected chi connectivity index (χ0v) is 13.7. The van der Waals surface area contributed by atoms with E-state index in [0.29, 0.717) is 55.5 Å². The fraction of sp³-hybridized carbons (Fsp3) is 0.471. The van der Waals surface area contributed by atoms with Crippen molar-refractivity contribution in [3.63, 3.8) is 0 Å². The highest BCUT2D eigenvalue weighted by atomic mass is 35.5. The molecule has 5 nitrogen and oxygen atoms in total. The number of nitrogens with zero attached hydrogens (tertiary/aromatic N) is 1. The second-order valence-corrected chi connectivity index (χ2v) is 6.48. The number of amides is 1. The number of ether oxygens (including phenoxy) is 2. The van der Waals surface area contributed by atoms with E-state index in [2.05, 4.69) is 0 Å². The lowest BCUT2D eigenvalue weighted by molar-refractivity contribution is -0.181. The molecule has 2 aromatic rings. The van der Waals surface area contributed by atoms with Crippen molar-refractivity contribution < 1.29 is 18.7 Å². The van der Waals surface area contributed by atoms with E-state index in [0.717, 1.165) is 10.9 Å². The van der Waals surface area contributed by atoms with Crippen LogP contribution >= 0.6 is 11.6 Å². The van der Waals surface area contributed by atoms with E-state index >= 15 is 0 Å². The van der Waals surface area contributed by atoms with Gasteiger partial charge in [0.15, 0.2) is 17.1 Å². The first-order valence-electron chi connectivity index (χ1n) is 7.84. The van der Waals surface area contributed by atoms with Crippen LogP contribution in [0.1, 0.15) is 29.0 Å². The minimum absolute atomic E-state index is 0.0948. The molecule has 2 aliphatic heterocycles. The van der Waals surface area contributed by atoms with E-state index in [9.17, 15) is 4.79 Å². The summed E-state index contributed by atoms with van der Waals surface area (Å²) in [5.74, 6) is -0.205. The summed E-state index contributed by atoms with van der Waals surface area (Å²) >= 11 is 6.16. The number of hydrogen-bond acceptors (Lipinski definition) is 4. The Balaban J connectivity index is 1.58. The van der Waals surface area contributed by atoms with Crippen LogP contribution in [0.15, 0.2) is 22.6 Å². The van der Waals surface area contributed by atoms with Gasteiger partial charge in [0.2, 0.25) is 0 Å². The molecule has 0 bridgehead atoms. The van der Waals surface area contributed by atoms with E-state index in [1.165, 1.54) is 0 Å². The van der Waals surface area contributed by atoms with Crippen LogP contribution in [0.4, 0.5) is 0 Å². The van der Waals surface area contributed by atoms with Crippen molar-refractivity contribution in [3.05, 3.63) is 34.5 Å². The van der Waals surface area contributed by atoms with E-state index in [4.69, 9.17) is 25.5 Å². The number of piperidine rings is 1. The third-order valence-corrected chi connectivity index (χ3v) is 5.03. The van der Waals surface area contributed by atoms with Crippen LogP contribution in [-0.2, 0) is 9.47 Å². The highest BCUT2D eigenvalue weighted by Crippen LogP contribution is 2.34. The van der Waals surface area contributed by atoms with Gasteiger partial charge in [0, 0.05) is 36.9 Å². The van der Waals surface area contributed by atoms with Gasteiger partial charge in [0.1, 0.15) is 0 Å². The summed E-state index contributed by atoms with van der Waals surface area (Å²) in [7, 11) is 0. The summed E-state index contributed by atoms with van der Waals surface area (Å²) in [6.45, 7) is 4.36. The largest absolute Gasteiger partial charge is 0.449 e. The number of fused-ring (bicyclic) bond motifs is 1. The molecular weight excluding hydrogens is 318 g/mol. The first-order valence-corrected chi connectivity index (χ1v) is 8.22. The second kappa shape index (κ2) is 5.51. The van der Waals surface area contributed by atoms with E-state index in [-0.39, 0.29) is 5.91 Å². The highest BCUT2D eigenvalue weighted by Gasteiger charge is 2.41. The van der Waals surface area contributed by atoms with Crippen molar-refractivity contribution in [1.29, 1.82) is 0 Å². The van der Waals surface area contributed by atoms with Crippen molar-refractivity contribution in [1.82, 2.24) is 4.90 Å². The SMILES string of the molecule is Cc1c(C(=O)N2CCC3(CC2)OCCO3)oc2c(Cl)cccc12. The number of benzene rings is 1. The van der Waals surface area contributed by atoms with Gasteiger partial charge >= 0.3 is 0 Å². The van der Waals surface area contributed by atoms with Gasteiger partial charge in [-0.2, -0.15) is 0 Å². The van der Waals surface area contributed by atoms with Gasteiger partial charge in [0.05, 0.1) is 18.2 Å². The van der Waals surface area contributed by atoms with Crippen molar-refractivity contribution in [2.24, 2.45) is 0 Å². The quantitative estimate of drug-likeness (QED) is 0.801. The molecule has 2 fully saturated rings. The molecular formula is C17H18ClNO4. The number of halogens is 1. The van der Waals surface area contributed by atoms with Gasteiger partial charge in [-0.25, -0.2) is 0 Å². The first-order chi connectivity index (χ1) is 11.1. The smallest absolute Gasteiger partial charge is 0.289 e. The Morgan fingerprint density at radius 2 is 1.91 bits per heavy atom. The van der Waals surface area contributed by atoms with Crippen LogP contribution in [0.25, 0.3) is 11.0 Å². The normalized spacial score (nSPS) is 20.5. The molecule has 3 heterocycles. The Labute approximate surface area is 139 Å². The Hall–Kier alpha value is -1.56. The lowest BCUT2D eigenvalue weighted by Gasteiger charge is -2.37. The summed E-state index contributed by atoms with van der Waals surface area (Å²) in [6, 6.07) is 5.55. The second-order valence-electron chi connectivity index (χ2n) is 6.07. The number of rotatable bonds is 1. The van der Waals surface area contributed by atoms with Crippen LogP contribution in [0.2, 0.25) is 5.02 Å². The number of likely N-dealkylation sites (tertiary alicyclic amines) is 1. The lowest BCUT2D eigenvalue weighted by Crippen LogP contribution is -2.47. The molecule has 0 aliphatic carbocycles. The Morgan fingerprint density at radius 1 is 1.22 bits per heavy atom. The third kappa shape index (κ3) is 2.43. The van der Waals surface area contributed by atoms with Crippen molar-refractivity contribution in [2.75, 3.05) is 26.3 Å².